The van der Waals surface area contributed by atoms with E-state index in [4.69, 9.17) is 14.2 Å². The van der Waals surface area contributed by atoms with Crippen LogP contribution in [-0.2, 0) is 40.5 Å². The summed E-state index contributed by atoms with van der Waals surface area (Å²) in [4.78, 5) is 36.5. The third-order valence-corrected chi connectivity index (χ3v) is 6.15. The van der Waals surface area contributed by atoms with E-state index >= 15 is 0 Å². The summed E-state index contributed by atoms with van der Waals surface area (Å²) in [7, 11) is -4.35. The van der Waals surface area contributed by atoms with Crippen molar-refractivity contribution >= 4 is 28.1 Å². The first-order valence-electron chi connectivity index (χ1n) is 10.8. The van der Waals surface area contributed by atoms with Gasteiger partial charge in [0.2, 0.25) is 6.29 Å². The van der Waals surface area contributed by atoms with Crippen LogP contribution in [0.2, 0.25) is 0 Å². The van der Waals surface area contributed by atoms with Crippen molar-refractivity contribution in [3.8, 4) is 0 Å². The van der Waals surface area contributed by atoms with Crippen molar-refractivity contribution in [3.05, 3.63) is 35.9 Å². The van der Waals surface area contributed by atoms with Crippen LogP contribution < -0.4 is 34.9 Å². The minimum absolute atomic E-state index is 0. The van der Waals surface area contributed by atoms with E-state index < -0.39 is 39.6 Å². The summed E-state index contributed by atoms with van der Waals surface area (Å²) in [6.07, 6.45) is 1.15. The van der Waals surface area contributed by atoms with E-state index in [2.05, 4.69) is 5.32 Å². The molecule has 1 amide bonds. The van der Waals surface area contributed by atoms with Gasteiger partial charge in [-0.3, -0.25) is 9.59 Å². The Labute approximate surface area is 222 Å². The molecule has 34 heavy (non-hydrogen) atoms. The summed E-state index contributed by atoms with van der Waals surface area (Å²) < 4.78 is 47.0. The zero-order valence-electron chi connectivity index (χ0n) is 19.6. The summed E-state index contributed by atoms with van der Waals surface area (Å²) in [6, 6.07) is 9.31. The Kier molecular flexibility index (Phi) is 13.1. The van der Waals surface area contributed by atoms with Crippen molar-refractivity contribution in [1.29, 1.82) is 0 Å². The topological polar surface area (TPSA) is 148 Å². The van der Waals surface area contributed by atoms with Gasteiger partial charge in [-0.1, -0.05) is 43.2 Å². The van der Waals surface area contributed by atoms with Gasteiger partial charge >= 0.3 is 47.6 Å². The van der Waals surface area contributed by atoms with Gasteiger partial charge in [-0.15, -0.1) is 0 Å². The van der Waals surface area contributed by atoms with Crippen LogP contribution >= 0.6 is 0 Å². The monoisotopic (exact) mass is 507 g/mol. The summed E-state index contributed by atoms with van der Waals surface area (Å²) in [5, 5.41) is 2.28. The fraction of sp³-hybridized carbons (Fsp3) is 0.591. The van der Waals surface area contributed by atoms with E-state index in [1.165, 1.54) is 6.92 Å². The third kappa shape index (κ3) is 12.2. The van der Waals surface area contributed by atoms with Gasteiger partial charge in [0.15, 0.2) is 0 Å². The number of carbonyl (C=O) groups is 3. The fourth-order valence-corrected chi connectivity index (χ4v) is 4.32. The molecule has 1 atom stereocenters. The van der Waals surface area contributed by atoms with E-state index in [0.717, 1.165) is 18.4 Å². The van der Waals surface area contributed by atoms with E-state index in [9.17, 15) is 27.4 Å². The van der Waals surface area contributed by atoms with Crippen LogP contribution in [0.1, 0.15) is 57.4 Å². The Morgan fingerprint density at radius 3 is 2.29 bits per heavy atom. The third-order valence-electron chi connectivity index (χ3n) is 5.36. The number of rotatable bonds is 12. The van der Waals surface area contributed by atoms with Gasteiger partial charge in [-0.2, -0.15) is 0 Å². The average Bonchev–Trinajstić information content (AvgIpc) is 3.17. The quantitative estimate of drug-likeness (QED) is 0.131. The second kappa shape index (κ2) is 14.7. The zero-order valence-corrected chi connectivity index (χ0v) is 22.4. The maximum atomic E-state index is 12.4. The number of hydrogen-bond acceptors (Lipinski definition) is 9. The maximum absolute atomic E-state index is 12.4. The Balaban J connectivity index is 0.00000578. The molecule has 12 heteroatoms. The predicted octanol–water partition coefficient (Wildman–Crippen LogP) is -0.375. The smallest absolute Gasteiger partial charge is 0.748 e. The van der Waals surface area contributed by atoms with E-state index in [-0.39, 0.29) is 67.9 Å². The number of ether oxygens (including phenoxy) is 3. The number of esters is 2. The van der Waals surface area contributed by atoms with Crippen molar-refractivity contribution in [2.45, 2.75) is 64.8 Å². The molecule has 1 unspecified atom stereocenters. The molecule has 1 fully saturated rings. The standard InChI is InChI=1S/C22H31NO9S.Na/c1-17(32-21(26)23-12-7-13-33(27,28)29)31-20(25)15-22(10-5-6-11-22)14-19(24)30-16-18-8-3-2-4-9-18;/h2-4,8-9,17H,5-7,10-16H2,1H3,(H,23,26)(H,27,28,29);/q;+1/p-1. The molecule has 0 aromatic heterocycles. The number of hydrogen-bond donors (Lipinski definition) is 1. The largest absolute Gasteiger partial charge is 1.00 e. The van der Waals surface area contributed by atoms with Crippen molar-refractivity contribution in [2.75, 3.05) is 12.3 Å². The van der Waals surface area contributed by atoms with E-state index in [1.54, 1.807) is 0 Å². The van der Waals surface area contributed by atoms with Gasteiger partial charge < -0.3 is 24.1 Å². The van der Waals surface area contributed by atoms with Crippen molar-refractivity contribution in [1.82, 2.24) is 5.32 Å². The molecule has 2 rings (SSSR count). The Morgan fingerprint density at radius 2 is 1.68 bits per heavy atom. The molecule has 0 heterocycles. The molecule has 10 nitrogen and oxygen atoms in total. The van der Waals surface area contributed by atoms with Crippen LogP contribution in [0.15, 0.2) is 30.3 Å². The molecule has 1 aliphatic carbocycles. The number of nitrogens with one attached hydrogen (secondary N) is 1. The Morgan fingerprint density at radius 1 is 1.06 bits per heavy atom. The van der Waals surface area contributed by atoms with Crippen LogP contribution in [-0.4, -0.2) is 49.6 Å². The van der Waals surface area contributed by atoms with Gasteiger partial charge in [0.1, 0.15) is 6.61 Å². The van der Waals surface area contributed by atoms with Crippen molar-refractivity contribution in [3.63, 3.8) is 0 Å². The maximum Gasteiger partial charge on any atom is 1.00 e. The molecule has 1 aliphatic rings. The van der Waals surface area contributed by atoms with Gasteiger partial charge in [0.25, 0.3) is 0 Å². The average molecular weight is 508 g/mol. The Hall–Kier alpha value is -1.66. The number of alkyl carbamates (subject to hydrolysis) is 1. The first-order chi connectivity index (χ1) is 15.6. The molecule has 1 aromatic rings. The second-order valence-corrected chi connectivity index (χ2v) is 9.74. The molecule has 0 saturated heterocycles. The van der Waals surface area contributed by atoms with Gasteiger partial charge in [0.05, 0.1) is 23.0 Å². The predicted molar refractivity (Wildman–Crippen MR) is 116 cm³/mol. The van der Waals surface area contributed by atoms with E-state index in [1.807, 2.05) is 30.3 Å². The SMILES string of the molecule is CC(OC(=O)CC1(CC(=O)OCc2ccccc2)CCCC1)OC(=O)NCCCS(=O)(=O)[O-].[Na+]. The van der Waals surface area contributed by atoms with Crippen molar-refractivity contribution in [2.24, 2.45) is 5.41 Å². The minimum Gasteiger partial charge on any atom is -0.748 e. The van der Waals surface area contributed by atoms with E-state index in [0.29, 0.717) is 12.8 Å². The molecule has 0 bridgehead atoms. The molecule has 1 saturated carbocycles. The summed E-state index contributed by atoms with van der Waals surface area (Å²) in [6.45, 7) is 1.46. The number of carbonyl (C=O) groups excluding carboxylic acids is 3. The molecule has 184 valence electrons. The van der Waals surface area contributed by atoms with Gasteiger partial charge in [0, 0.05) is 19.2 Å². The normalized spacial score (nSPS) is 15.5. The van der Waals surface area contributed by atoms with Crippen LogP contribution in [0.25, 0.3) is 0 Å². The molecule has 0 radical (unpaired) electrons. The minimum atomic E-state index is -4.35. The van der Waals surface area contributed by atoms with Gasteiger partial charge in [-0.25, -0.2) is 13.2 Å². The fourth-order valence-electron chi connectivity index (χ4n) is 3.83. The molecular weight excluding hydrogens is 477 g/mol. The molecule has 1 N–H and O–H groups in total. The molecule has 0 spiro atoms. The molecule has 0 aliphatic heterocycles. The van der Waals surface area contributed by atoms with Crippen LogP contribution in [0, 0.1) is 5.41 Å². The summed E-state index contributed by atoms with van der Waals surface area (Å²) in [5.41, 5.74) is 0.334. The zero-order chi connectivity index (χ0) is 24.3. The first kappa shape index (κ1) is 30.4. The van der Waals surface area contributed by atoms with Crippen LogP contribution in [0.4, 0.5) is 4.79 Å². The Bertz CT molecular complexity index is 902. The molecule has 1 aromatic carbocycles. The summed E-state index contributed by atoms with van der Waals surface area (Å²) in [5.74, 6) is -1.57. The summed E-state index contributed by atoms with van der Waals surface area (Å²) >= 11 is 0. The molecular formula is C22H30NNaO9S. The second-order valence-electron chi connectivity index (χ2n) is 8.21. The van der Waals surface area contributed by atoms with Gasteiger partial charge in [-0.05, 0) is 30.2 Å². The van der Waals surface area contributed by atoms with Crippen LogP contribution in [0.3, 0.4) is 0 Å². The number of benzene rings is 1. The number of amides is 1. The first-order valence-corrected chi connectivity index (χ1v) is 12.4. The van der Waals surface area contributed by atoms with Crippen molar-refractivity contribution < 1.29 is 71.1 Å². The van der Waals surface area contributed by atoms with Crippen LogP contribution in [0.5, 0.6) is 0 Å².